The van der Waals surface area contributed by atoms with E-state index in [2.05, 4.69) is 42.7 Å². The number of hydrogen-bond acceptors (Lipinski definition) is 7. The minimum atomic E-state index is -4.26. The van der Waals surface area contributed by atoms with Crippen molar-refractivity contribution in [3.63, 3.8) is 0 Å². The van der Waals surface area contributed by atoms with Gasteiger partial charge >= 0.3 is 19.8 Å². The van der Waals surface area contributed by atoms with Crippen LogP contribution in [0.25, 0.3) is 0 Å². The van der Waals surface area contributed by atoms with Crippen molar-refractivity contribution in [1.82, 2.24) is 0 Å². The first kappa shape index (κ1) is 51.5. The number of ether oxygens (including phenoxy) is 2. The molecule has 2 unspecified atom stereocenters. The van der Waals surface area contributed by atoms with Gasteiger partial charge in [-0.05, 0) is 44.9 Å². The van der Waals surface area contributed by atoms with Gasteiger partial charge in [0.15, 0.2) is 6.10 Å². The summed E-state index contributed by atoms with van der Waals surface area (Å²) in [7, 11) is -3.20. The predicted octanol–water partition coefficient (Wildman–Crippen LogP) is 13.8. The average Bonchev–Trinajstić information content (AvgIpc) is 3.15. The van der Waals surface area contributed by atoms with Gasteiger partial charge in [-0.3, -0.25) is 18.6 Å². The van der Waals surface area contributed by atoms with Crippen LogP contribution in [0.4, 0.5) is 0 Å². The van der Waals surface area contributed by atoms with Crippen LogP contribution in [0, 0.1) is 0 Å². The van der Waals surface area contributed by atoms with Gasteiger partial charge in [0.2, 0.25) is 0 Å². The zero-order valence-electron chi connectivity index (χ0n) is 34.7. The number of unbranched alkanes of at least 4 members (excludes halogenated alkanes) is 26. The second kappa shape index (κ2) is 40.2. The summed E-state index contributed by atoms with van der Waals surface area (Å²) in [5.41, 5.74) is 0. The first-order valence-corrected chi connectivity index (χ1v) is 23.5. The molecule has 9 heteroatoms. The maximum Gasteiger partial charge on any atom is 0.472 e. The maximum absolute atomic E-state index is 12.5. The summed E-state index contributed by atoms with van der Waals surface area (Å²) in [5.74, 6) is -0.810. The van der Waals surface area contributed by atoms with Gasteiger partial charge in [0.25, 0.3) is 0 Å². The molecule has 0 bridgehead atoms. The van der Waals surface area contributed by atoms with Crippen LogP contribution >= 0.6 is 7.82 Å². The van der Waals surface area contributed by atoms with E-state index in [-0.39, 0.29) is 19.0 Å². The predicted molar refractivity (Wildman–Crippen MR) is 221 cm³/mol. The Bertz CT molecular complexity index is 921. The van der Waals surface area contributed by atoms with E-state index in [1.807, 2.05) is 0 Å². The molecule has 0 spiro atoms. The van der Waals surface area contributed by atoms with Crippen LogP contribution in [0.2, 0.25) is 0 Å². The summed E-state index contributed by atoms with van der Waals surface area (Å²) in [4.78, 5) is 34.5. The Morgan fingerprint density at radius 1 is 0.528 bits per heavy atom. The van der Waals surface area contributed by atoms with E-state index in [1.54, 1.807) is 0 Å². The van der Waals surface area contributed by atoms with Crippen LogP contribution in [0.5, 0.6) is 0 Å². The van der Waals surface area contributed by atoms with Crippen LogP contribution in [-0.2, 0) is 32.7 Å². The number of rotatable bonds is 41. The average molecular weight is 771 g/mol. The zero-order valence-corrected chi connectivity index (χ0v) is 35.6. The summed E-state index contributed by atoms with van der Waals surface area (Å²) in [6, 6.07) is 0. The Hall–Kier alpha value is -1.47. The molecule has 0 aliphatic rings. The molecule has 8 nitrogen and oxygen atoms in total. The zero-order chi connectivity index (χ0) is 38.9. The third kappa shape index (κ3) is 40.0. The number of esters is 2. The van der Waals surface area contributed by atoms with E-state index in [4.69, 9.17) is 14.0 Å². The van der Waals surface area contributed by atoms with Crippen molar-refractivity contribution >= 4 is 19.8 Å². The molecule has 0 aromatic rings. The minimum Gasteiger partial charge on any atom is -0.462 e. The number of phosphoric ester groups is 1. The van der Waals surface area contributed by atoms with Crippen molar-refractivity contribution in [3.05, 3.63) is 24.3 Å². The fourth-order valence-electron chi connectivity index (χ4n) is 6.28. The minimum absolute atomic E-state index is 0.227. The molecule has 53 heavy (non-hydrogen) atoms. The van der Waals surface area contributed by atoms with E-state index in [9.17, 15) is 19.0 Å². The third-order valence-corrected chi connectivity index (χ3v) is 10.6. The van der Waals surface area contributed by atoms with Crippen molar-refractivity contribution in [3.8, 4) is 0 Å². The first-order chi connectivity index (χ1) is 25.8. The van der Waals surface area contributed by atoms with Gasteiger partial charge in [0.1, 0.15) is 6.61 Å². The van der Waals surface area contributed by atoms with Crippen molar-refractivity contribution in [2.75, 3.05) is 20.3 Å². The van der Waals surface area contributed by atoms with Crippen molar-refractivity contribution in [1.29, 1.82) is 0 Å². The lowest BCUT2D eigenvalue weighted by Gasteiger charge is -2.19. The summed E-state index contributed by atoms with van der Waals surface area (Å²) in [6.07, 6.45) is 45.1. The number of phosphoric acid groups is 1. The van der Waals surface area contributed by atoms with Crippen LogP contribution in [0.15, 0.2) is 24.3 Å². The molecule has 0 saturated carbocycles. The highest BCUT2D eigenvalue weighted by Gasteiger charge is 2.24. The first-order valence-electron chi connectivity index (χ1n) is 22.0. The van der Waals surface area contributed by atoms with E-state index >= 15 is 0 Å². The summed E-state index contributed by atoms with van der Waals surface area (Å²) in [6.45, 7) is 3.88. The van der Waals surface area contributed by atoms with Gasteiger partial charge in [-0.2, -0.15) is 0 Å². The molecule has 0 radical (unpaired) electrons. The summed E-state index contributed by atoms with van der Waals surface area (Å²) >= 11 is 0. The van der Waals surface area contributed by atoms with Crippen LogP contribution < -0.4 is 0 Å². The molecule has 1 N–H and O–H groups in total. The van der Waals surface area contributed by atoms with Gasteiger partial charge < -0.3 is 14.4 Å². The SMILES string of the molecule is CCCCCC/C=C\C/C=C\CCCCCCCC(=O)OC(COC(=O)CCCCCCCCCCCCCCCCCCCC)COP(=O)(O)OC. The van der Waals surface area contributed by atoms with Gasteiger partial charge in [0, 0.05) is 20.0 Å². The second-order valence-corrected chi connectivity index (χ2v) is 16.4. The number of hydrogen-bond donors (Lipinski definition) is 1. The smallest absolute Gasteiger partial charge is 0.462 e. The Labute approximate surface area is 326 Å². The van der Waals surface area contributed by atoms with E-state index in [0.29, 0.717) is 12.8 Å². The lowest BCUT2D eigenvalue weighted by atomic mass is 10.0. The molecule has 0 aromatic heterocycles. The molecule has 0 fully saturated rings. The van der Waals surface area contributed by atoms with Gasteiger partial charge in [0.05, 0.1) is 6.61 Å². The Morgan fingerprint density at radius 3 is 1.34 bits per heavy atom. The topological polar surface area (TPSA) is 108 Å². The quantitative estimate of drug-likeness (QED) is 0.0283. The lowest BCUT2D eigenvalue weighted by molar-refractivity contribution is -0.161. The molecule has 0 aliphatic heterocycles. The molecule has 0 heterocycles. The highest BCUT2D eigenvalue weighted by molar-refractivity contribution is 7.47. The van der Waals surface area contributed by atoms with Crippen LogP contribution in [-0.4, -0.2) is 43.3 Å². The Kier molecular flexibility index (Phi) is 39.1. The molecule has 312 valence electrons. The maximum atomic E-state index is 12.5. The normalized spacial score (nSPS) is 13.5. The molecule has 0 aromatic carbocycles. The largest absolute Gasteiger partial charge is 0.472 e. The fourth-order valence-corrected chi connectivity index (χ4v) is 6.74. The number of carbonyl (C=O) groups excluding carboxylic acids is 2. The van der Waals surface area contributed by atoms with Gasteiger partial charge in [-0.25, -0.2) is 4.57 Å². The molecule has 0 aliphatic carbocycles. The molecular weight excluding hydrogens is 687 g/mol. The number of allylic oxidation sites excluding steroid dienone is 4. The summed E-state index contributed by atoms with van der Waals surface area (Å²) < 4.78 is 32.0. The number of carbonyl (C=O) groups is 2. The Morgan fingerprint density at radius 2 is 0.906 bits per heavy atom. The van der Waals surface area contributed by atoms with Crippen LogP contribution in [0.1, 0.15) is 219 Å². The highest BCUT2D eigenvalue weighted by Crippen LogP contribution is 2.42. The molecule has 2 atom stereocenters. The second-order valence-electron chi connectivity index (χ2n) is 14.8. The van der Waals surface area contributed by atoms with Gasteiger partial charge in [-0.15, -0.1) is 0 Å². The van der Waals surface area contributed by atoms with Crippen molar-refractivity contribution in [2.24, 2.45) is 0 Å². The molecule has 0 saturated heterocycles. The molecule has 0 rings (SSSR count). The molecular formula is C44H83O8P. The monoisotopic (exact) mass is 771 g/mol. The third-order valence-electron chi connectivity index (χ3n) is 9.70. The fraction of sp³-hybridized carbons (Fsp3) is 0.864. The molecule has 0 amide bonds. The van der Waals surface area contributed by atoms with Crippen LogP contribution in [0.3, 0.4) is 0 Å². The van der Waals surface area contributed by atoms with Crippen molar-refractivity contribution < 1.29 is 37.6 Å². The van der Waals surface area contributed by atoms with E-state index in [1.165, 1.54) is 128 Å². The summed E-state index contributed by atoms with van der Waals surface area (Å²) in [5, 5.41) is 0. The van der Waals surface area contributed by atoms with E-state index < -0.39 is 26.5 Å². The Balaban J connectivity index is 3.97. The highest BCUT2D eigenvalue weighted by atomic mass is 31.2. The van der Waals surface area contributed by atoms with E-state index in [0.717, 1.165) is 64.9 Å². The lowest BCUT2D eigenvalue weighted by Crippen LogP contribution is -2.29. The van der Waals surface area contributed by atoms with Crippen molar-refractivity contribution in [2.45, 2.75) is 225 Å². The standard InChI is InChI=1S/C44H83O8P/c1-4-6-8-10-12-14-16-18-20-22-23-25-26-28-30-32-34-36-38-43(45)50-40-42(41-51-53(47,48)49-3)52-44(46)39-37-35-33-31-29-27-24-21-19-17-15-13-11-9-7-5-2/h15,17,21,24,42H,4-14,16,18-20,22-23,25-41H2,1-3H3,(H,47,48)/b17-15-,24-21-. The van der Waals surface area contributed by atoms with Gasteiger partial charge in [-0.1, -0.05) is 186 Å².